The van der Waals surface area contributed by atoms with Gasteiger partial charge in [-0.25, -0.2) is 4.98 Å². The standard InChI is InChI=1S/C8H11N3O3/c1-5(12)4-6-2-3-7(11(13)14)8(9)10-6/h2-3,5,12H,4H2,1H3,(H2,9,10). The van der Waals surface area contributed by atoms with E-state index >= 15 is 0 Å². The van der Waals surface area contributed by atoms with Crippen LogP contribution in [0.15, 0.2) is 12.1 Å². The van der Waals surface area contributed by atoms with Crippen molar-refractivity contribution in [3.63, 3.8) is 0 Å². The lowest BCUT2D eigenvalue weighted by atomic mass is 10.2. The van der Waals surface area contributed by atoms with Crippen molar-refractivity contribution in [2.75, 3.05) is 5.73 Å². The van der Waals surface area contributed by atoms with Gasteiger partial charge in [0.05, 0.1) is 11.0 Å². The summed E-state index contributed by atoms with van der Waals surface area (Å²) >= 11 is 0. The lowest BCUT2D eigenvalue weighted by molar-refractivity contribution is -0.384. The van der Waals surface area contributed by atoms with Crippen LogP contribution in [0.2, 0.25) is 0 Å². The number of nitro groups is 1. The maximum absolute atomic E-state index is 10.4. The van der Waals surface area contributed by atoms with E-state index in [4.69, 9.17) is 10.8 Å². The number of nitrogens with zero attached hydrogens (tertiary/aromatic N) is 2. The lowest BCUT2D eigenvalue weighted by Crippen LogP contribution is -2.08. The molecule has 3 N–H and O–H groups in total. The van der Waals surface area contributed by atoms with Gasteiger partial charge in [0.2, 0.25) is 5.82 Å². The van der Waals surface area contributed by atoms with E-state index < -0.39 is 11.0 Å². The molecule has 0 radical (unpaired) electrons. The van der Waals surface area contributed by atoms with E-state index in [0.717, 1.165) is 0 Å². The Balaban J connectivity index is 2.94. The lowest BCUT2D eigenvalue weighted by Gasteiger charge is -2.04. The number of aliphatic hydroxyl groups excluding tert-OH is 1. The van der Waals surface area contributed by atoms with Gasteiger partial charge in [0.25, 0.3) is 0 Å². The molecule has 1 aromatic heterocycles. The molecule has 0 amide bonds. The van der Waals surface area contributed by atoms with Crippen LogP contribution >= 0.6 is 0 Å². The van der Waals surface area contributed by atoms with E-state index in [1.54, 1.807) is 6.92 Å². The fourth-order valence-corrected chi connectivity index (χ4v) is 1.08. The van der Waals surface area contributed by atoms with Crippen LogP contribution in [-0.4, -0.2) is 21.1 Å². The van der Waals surface area contributed by atoms with Crippen LogP contribution in [0.25, 0.3) is 0 Å². The highest BCUT2D eigenvalue weighted by Crippen LogP contribution is 2.18. The van der Waals surface area contributed by atoms with Crippen LogP contribution in [-0.2, 0) is 6.42 Å². The molecule has 0 bridgehead atoms. The molecule has 1 rings (SSSR count). The molecule has 0 aliphatic heterocycles. The number of hydrogen-bond acceptors (Lipinski definition) is 5. The van der Waals surface area contributed by atoms with E-state index in [1.807, 2.05) is 0 Å². The molecule has 0 aliphatic rings. The van der Waals surface area contributed by atoms with Gasteiger partial charge in [0.15, 0.2) is 0 Å². The maximum Gasteiger partial charge on any atom is 0.311 e. The summed E-state index contributed by atoms with van der Waals surface area (Å²) < 4.78 is 0. The summed E-state index contributed by atoms with van der Waals surface area (Å²) in [6, 6.07) is 2.78. The van der Waals surface area contributed by atoms with Gasteiger partial charge in [-0.3, -0.25) is 10.1 Å². The minimum absolute atomic E-state index is 0.117. The van der Waals surface area contributed by atoms with Gasteiger partial charge in [-0.2, -0.15) is 0 Å². The second kappa shape index (κ2) is 4.01. The molecule has 1 unspecified atom stereocenters. The van der Waals surface area contributed by atoms with Crippen molar-refractivity contribution in [1.29, 1.82) is 0 Å². The number of anilines is 1. The number of rotatable bonds is 3. The van der Waals surface area contributed by atoms with Gasteiger partial charge in [-0.15, -0.1) is 0 Å². The second-order valence-corrected chi connectivity index (χ2v) is 3.02. The predicted octanol–water partition coefficient (Wildman–Crippen LogP) is 0.495. The Labute approximate surface area is 80.5 Å². The average molecular weight is 197 g/mol. The summed E-state index contributed by atoms with van der Waals surface area (Å²) in [6.45, 7) is 1.61. The molecule has 0 saturated carbocycles. The molecule has 0 spiro atoms. The summed E-state index contributed by atoms with van der Waals surface area (Å²) in [5, 5.41) is 19.5. The van der Waals surface area contributed by atoms with Crippen LogP contribution < -0.4 is 5.73 Å². The minimum Gasteiger partial charge on any atom is -0.393 e. The van der Waals surface area contributed by atoms with Gasteiger partial charge >= 0.3 is 5.69 Å². The topological polar surface area (TPSA) is 102 Å². The monoisotopic (exact) mass is 197 g/mol. The number of hydrogen-bond donors (Lipinski definition) is 2. The fourth-order valence-electron chi connectivity index (χ4n) is 1.08. The zero-order valence-electron chi connectivity index (χ0n) is 7.67. The van der Waals surface area contributed by atoms with Gasteiger partial charge in [0, 0.05) is 18.2 Å². The van der Waals surface area contributed by atoms with Crippen LogP contribution in [0.5, 0.6) is 0 Å². The number of pyridine rings is 1. The third kappa shape index (κ3) is 2.40. The van der Waals surface area contributed by atoms with Crippen molar-refractivity contribution in [2.45, 2.75) is 19.4 Å². The summed E-state index contributed by atoms with van der Waals surface area (Å²) in [5.41, 5.74) is 5.70. The first-order valence-electron chi connectivity index (χ1n) is 4.08. The third-order valence-corrected chi connectivity index (χ3v) is 1.66. The Bertz CT molecular complexity index is 352. The molecule has 1 atom stereocenters. The number of aromatic nitrogens is 1. The molecule has 14 heavy (non-hydrogen) atoms. The summed E-state index contributed by atoms with van der Waals surface area (Å²) in [5.74, 6) is -0.117. The molecule has 76 valence electrons. The van der Waals surface area contributed by atoms with E-state index in [9.17, 15) is 10.1 Å². The fraction of sp³-hybridized carbons (Fsp3) is 0.375. The highest BCUT2D eigenvalue weighted by atomic mass is 16.6. The van der Waals surface area contributed by atoms with Gasteiger partial charge in [0.1, 0.15) is 0 Å². The van der Waals surface area contributed by atoms with Gasteiger partial charge < -0.3 is 10.8 Å². The van der Waals surface area contributed by atoms with Crippen molar-refractivity contribution < 1.29 is 10.0 Å². The van der Waals surface area contributed by atoms with Crippen molar-refractivity contribution in [1.82, 2.24) is 4.98 Å². The summed E-state index contributed by atoms with van der Waals surface area (Å²) in [7, 11) is 0. The SMILES string of the molecule is CC(O)Cc1ccc([N+](=O)[O-])c(N)n1. The van der Waals surface area contributed by atoms with E-state index in [2.05, 4.69) is 4.98 Å². The van der Waals surface area contributed by atoms with E-state index in [-0.39, 0.29) is 11.5 Å². The number of aliphatic hydroxyl groups is 1. The van der Waals surface area contributed by atoms with Crippen molar-refractivity contribution in [3.05, 3.63) is 27.9 Å². The number of nitrogens with two attached hydrogens (primary N) is 1. The number of nitrogen functional groups attached to an aromatic ring is 1. The first kappa shape index (κ1) is 10.4. The summed E-state index contributed by atoms with van der Waals surface area (Å²) in [6.07, 6.45) is -0.203. The molecular formula is C8H11N3O3. The normalized spacial score (nSPS) is 12.4. The summed E-state index contributed by atoms with van der Waals surface area (Å²) in [4.78, 5) is 13.6. The smallest absolute Gasteiger partial charge is 0.311 e. The van der Waals surface area contributed by atoms with Crippen molar-refractivity contribution in [3.8, 4) is 0 Å². The van der Waals surface area contributed by atoms with Crippen LogP contribution in [0.1, 0.15) is 12.6 Å². The van der Waals surface area contributed by atoms with Gasteiger partial charge in [-0.1, -0.05) is 0 Å². The highest BCUT2D eigenvalue weighted by Gasteiger charge is 2.13. The van der Waals surface area contributed by atoms with Crippen molar-refractivity contribution in [2.24, 2.45) is 0 Å². The zero-order chi connectivity index (χ0) is 10.7. The van der Waals surface area contributed by atoms with Gasteiger partial charge in [-0.05, 0) is 13.0 Å². The molecule has 0 aromatic carbocycles. The molecule has 1 heterocycles. The molecule has 6 heteroatoms. The first-order valence-corrected chi connectivity index (χ1v) is 4.08. The molecular weight excluding hydrogens is 186 g/mol. The van der Waals surface area contributed by atoms with Crippen LogP contribution in [0.4, 0.5) is 11.5 Å². The zero-order valence-corrected chi connectivity index (χ0v) is 7.67. The molecule has 0 fully saturated rings. The first-order chi connectivity index (χ1) is 6.50. The third-order valence-electron chi connectivity index (χ3n) is 1.66. The van der Waals surface area contributed by atoms with Crippen LogP contribution in [0, 0.1) is 10.1 Å². The Morgan fingerprint density at radius 1 is 1.71 bits per heavy atom. The Hall–Kier alpha value is -1.69. The molecule has 1 aromatic rings. The van der Waals surface area contributed by atoms with Crippen molar-refractivity contribution >= 4 is 11.5 Å². The maximum atomic E-state index is 10.4. The van der Waals surface area contributed by atoms with E-state index in [1.165, 1.54) is 12.1 Å². The van der Waals surface area contributed by atoms with E-state index in [0.29, 0.717) is 12.1 Å². The Kier molecular flexibility index (Phi) is 2.98. The molecule has 0 aliphatic carbocycles. The predicted molar refractivity (Wildman–Crippen MR) is 50.7 cm³/mol. The highest BCUT2D eigenvalue weighted by molar-refractivity contribution is 5.52. The minimum atomic E-state index is -0.589. The Morgan fingerprint density at radius 3 is 2.79 bits per heavy atom. The quantitative estimate of drug-likeness (QED) is 0.542. The van der Waals surface area contributed by atoms with Crippen LogP contribution in [0.3, 0.4) is 0 Å². The molecule has 0 saturated heterocycles. The average Bonchev–Trinajstić information content (AvgIpc) is 2.01. The molecule has 6 nitrogen and oxygen atoms in total. The largest absolute Gasteiger partial charge is 0.393 e. The Morgan fingerprint density at radius 2 is 2.36 bits per heavy atom. The second-order valence-electron chi connectivity index (χ2n) is 3.02.